The van der Waals surface area contributed by atoms with Crippen molar-refractivity contribution < 1.29 is 8.42 Å². The van der Waals surface area contributed by atoms with Crippen molar-refractivity contribution in [2.75, 3.05) is 7.05 Å². The van der Waals surface area contributed by atoms with Crippen molar-refractivity contribution in [1.82, 2.24) is 4.31 Å². The molecule has 0 unspecified atom stereocenters. The molecule has 0 radical (unpaired) electrons. The summed E-state index contributed by atoms with van der Waals surface area (Å²) in [6, 6.07) is 5.19. The first kappa shape index (κ1) is 13.5. The zero-order chi connectivity index (χ0) is 13.5. The maximum absolute atomic E-state index is 12.5. The van der Waals surface area contributed by atoms with Gasteiger partial charge in [-0.05, 0) is 31.4 Å². The van der Waals surface area contributed by atoms with Crippen LogP contribution in [0.3, 0.4) is 0 Å². The van der Waals surface area contributed by atoms with Crippen molar-refractivity contribution in [3.05, 3.63) is 29.3 Å². The molecule has 0 saturated heterocycles. The maximum Gasteiger partial charge on any atom is 0.243 e. The average molecular weight is 284 g/mol. The molecule has 0 atom stereocenters. The van der Waals surface area contributed by atoms with Crippen molar-refractivity contribution >= 4 is 27.2 Å². The van der Waals surface area contributed by atoms with Gasteiger partial charge in [0.1, 0.15) is 4.99 Å². The van der Waals surface area contributed by atoms with E-state index in [0.29, 0.717) is 16.0 Å². The minimum absolute atomic E-state index is 0.142. The van der Waals surface area contributed by atoms with Gasteiger partial charge < -0.3 is 5.73 Å². The zero-order valence-corrected chi connectivity index (χ0v) is 12.0. The molecule has 0 heterocycles. The molecule has 1 aromatic rings. The fraction of sp³-hybridized carbons (Fsp3) is 0.417. The first-order valence-corrected chi connectivity index (χ1v) is 7.57. The van der Waals surface area contributed by atoms with Gasteiger partial charge in [-0.1, -0.05) is 24.4 Å². The largest absolute Gasteiger partial charge is 0.389 e. The van der Waals surface area contributed by atoms with Gasteiger partial charge in [0.25, 0.3) is 0 Å². The number of nitrogens with two attached hydrogens (primary N) is 1. The van der Waals surface area contributed by atoms with Crippen LogP contribution in [0.1, 0.15) is 24.0 Å². The summed E-state index contributed by atoms with van der Waals surface area (Å²) in [5.41, 5.74) is 6.84. The number of aryl methyl sites for hydroxylation is 1. The maximum atomic E-state index is 12.5. The molecule has 0 aliphatic heterocycles. The highest BCUT2D eigenvalue weighted by Crippen LogP contribution is 2.31. The van der Waals surface area contributed by atoms with Crippen LogP contribution in [0.5, 0.6) is 0 Å². The molecule has 18 heavy (non-hydrogen) atoms. The fourth-order valence-electron chi connectivity index (χ4n) is 1.82. The van der Waals surface area contributed by atoms with Gasteiger partial charge >= 0.3 is 0 Å². The predicted octanol–water partition coefficient (Wildman–Crippen LogP) is 1.41. The van der Waals surface area contributed by atoms with Crippen LogP contribution >= 0.6 is 12.2 Å². The van der Waals surface area contributed by atoms with E-state index < -0.39 is 10.0 Å². The smallest absolute Gasteiger partial charge is 0.243 e. The molecule has 6 heteroatoms. The number of hydrogen-bond donors (Lipinski definition) is 1. The minimum Gasteiger partial charge on any atom is -0.389 e. The van der Waals surface area contributed by atoms with Crippen LogP contribution in [0.2, 0.25) is 0 Å². The Morgan fingerprint density at radius 1 is 1.44 bits per heavy atom. The van der Waals surface area contributed by atoms with Gasteiger partial charge in [0.15, 0.2) is 0 Å². The molecule has 4 nitrogen and oxygen atoms in total. The van der Waals surface area contributed by atoms with Crippen molar-refractivity contribution in [1.29, 1.82) is 0 Å². The van der Waals surface area contributed by atoms with Gasteiger partial charge in [-0.15, -0.1) is 0 Å². The Balaban J connectivity index is 2.48. The minimum atomic E-state index is -3.44. The van der Waals surface area contributed by atoms with Crippen molar-refractivity contribution in [2.45, 2.75) is 30.7 Å². The topological polar surface area (TPSA) is 63.4 Å². The highest BCUT2D eigenvalue weighted by molar-refractivity contribution is 7.89. The Morgan fingerprint density at radius 2 is 2.06 bits per heavy atom. The molecule has 2 rings (SSSR count). The van der Waals surface area contributed by atoms with E-state index in [1.807, 2.05) is 0 Å². The van der Waals surface area contributed by atoms with E-state index in [9.17, 15) is 8.42 Å². The second-order valence-corrected chi connectivity index (χ2v) is 7.00. The number of benzene rings is 1. The SMILES string of the molecule is Cc1ccc(C(N)=S)cc1S(=O)(=O)N(C)C1CC1. The van der Waals surface area contributed by atoms with Gasteiger partial charge in [0.05, 0.1) is 4.90 Å². The van der Waals surface area contributed by atoms with E-state index in [0.717, 1.165) is 12.8 Å². The lowest BCUT2D eigenvalue weighted by Gasteiger charge is -2.18. The average Bonchev–Trinajstić information content (AvgIpc) is 3.11. The molecule has 1 saturated carbocycles. The van der Waals surface area contributed by atoms with E-state index in [1.165, 1.54) is 4.31 Å². The lowest BCUT2D eigenvalue weighted by atomic mass is 10.1. The van der Waals surface area contributed by atoms with Crippen LogP contribution in [-0.4, -0.2) is 30.8 Å². The van der Waals surface area contributed by atoms with Crippen LogP contribution in [0.4, 0.5) is 0 Å². The number of rotatable bonds is 4. The summed E-state index contributed by atoms with van der Waals surface area (Å²) in [5, 5.41) is 0. The van der Waals surface area contributed by atoms with Crippen LogP contribution < -0.4 is 5.73 Å². The highest BCUT2D eigenvalue weighted by atomic mass is 32.2. The second kappa shape index (κ2) is 4.60. The van der Waals surface area contributed by atoms with Crippen LogP contribution in [-0.2, 0) is 10.0 Å². The number of sulfonamides is 1. The van der Waals surface area contributed by atoms with E-state index in [-0.39, 0.29) is 11.0 Å². The first-order valence-electron chi connectivity index (χ1n) is 5.72. The third-order valence-corrected chi connectivity index (χ3v) is 5.48. The molecular formula is C12H16N2O2S2. The Kier molecular flexibility index (Phi) is 3.44. The molecule has 1 aliphatic carbocycles. The van der Waals surface area contributed by atoms with Crippen molar-refractivity contribution in [2.24, 2.45) is 5.73 Å². The zero-order valence-electron chi connectivity index (χ0n) is 10.4. The molecule has 0 spiro atoms. The van der Waals surface area contributed by atoms with Crippen LogP contribution in [0, 0.1) is 6.92 Å². The Labute approximate surface area is 113 Å². The molecule has 0 aromatic heterocycles. The van der Waals surface area contributed by atoms with Crippen LogP contribution in [0.15, 0.2) is 23.1 Å². The summed E-state index contributed by atoms with van der Waals surface area (Å²) in [4.78, 5) is 0.503. The van der Waals surface area contributed by atoms with Crippen molar-refractivity contribution in [3.63, 3.8) is 0 Å². The number of hydrogen-bond acceptors (Lipinski definition) is 3. The summed E-state index contributed by atoms with van der Waals surface area (Å²) in [6.07, 6.45) is 1.87. The quantitative estimate of drug-likeness (QED) is 0.849. The lowest BCUT2D eigenvalue weighted by molar-refractivity contribution is 0.464. The summed E-state index contributed by atoms with van der Waals surface area (Å²) < 4.78 is 26.3. The Hall–Kier alpha value is -0.980. The molecule has 98 valence electrons. The highest BCUT2D eigenvalue weighted by Gasteiger charge is 2.35. The van der Waals surface area contributed by atoms with E-state index in [2.05, 4.69) is 0 Å². The summed E-state index contributed by atoms with van der Waals surface area (Å²) in [5.74, 6) is 0. The Morgan fingerprint density at radius 3 is 2.56 bits per heavy atom. The Bertz CT molecular complexity index is 592. The van der Waals surface area contributed by atoms with E-state index >= 15 is 0 Å². The molecule has 1 aliphatic rings. The molecular weight excluding hydrogens is 268 g/mol. The summed E-state index contributed by atoms with van der Waals surface area (Å²) in [7, 11) is -1.82. The third kappa shape index (κ3) is 2.41. The normalized spacial score (nSPS) is 15.9. The molecule has 1 aromatic carbocycles. The summed E-state index contributed by atoms with van der Waals surface area (Å²) >= 11 is 4.89. The van der Waals surface area contributed by atoms with Gasteiger partial charge in [0, 0.05) is 18.7 Å². The molecule has 1 fully saturated rings. The number of thiocarbonyl (C=S) groups is 1. The van der Waals surface area contributed by atoms with Crippen molar-refractivity contribution in [3.8, 4) is 0 Å². The molecule has 2 N–H and O–H groups in total. The monoisotopic (exact) mass is 284 g/mol. The predicted molar refractivity (Wildman–Crippen MR) is 75.0 cm³/mol. The summed E-state index contributed by atoms with van der Waals surface area (Å²) in [6.45, 7) is 1.77. The second-order valence-electron chi connectivity index (χ2n) is 4.60. The third-order valence-electron chi connectivity index (χ3n) is 3.19. The molecule has 0 amide bonds. The standard InChI is InChI=1S/C12H16N2O2S2/c1-8-3-4-9(12(13)17)7-11(8)18(15,16)14(2)10-5-6-10/h3-4,7,10H,5-6H2,1-2H3,(H2,13,17). The van der Waals surface area contributed by atoms with Crippen LogP contribution in [0.25, 0.3) is 0 Å². The fourth-order valence-corrected chi connectivity index (χ4v) is 3.61. The first-order chi connectivity index (χ1) is 8.34. The van der Waals surface area contributed by atoms with E-state index in [4.69, 9.17) is 18.0 Å². The van der Waals surface area contributed by atoms with Gasteiger partial charge in [0.2, 0.25) is 10.0 Å². The van der Waals surface area contributed by atoms with Gasteiger partial charge in [-0.2, -0.15) is 4.31 Å². The molecule has 0 bridgehead atoms. The van der Waals surface area contributed by atoms with Gasteiger partial charge in [-0.3, -0.25) is 0 Å². The van der Waals surface area contributed by atoms with Gasteiger partial charge in [-0.25, -0.2) is 8.42 Å². The number of nitrogens with zero attached hydrogens (tertiary/aromatic N) is 1. The lowest BCUT2D eigenvalue weighted by Crippen LogP contribution is -2.29. The van der Waals surface area contributed by atoms with E-state index in [1.54, 1.807) is 32.2 Å².